The lowest BCUT2D eigenvalue weighted by Gasteiger charge is -2.41. The van der Waals surface area contributed by atoms with Crippen molar-refractivity contribution < 1.29 is 9.30 Å². The normalized spacial score (nSPS) is 17.7. The minimum absolute atomic E-state index is 0.347. The Morgan fingerprint density at radius 3 is 2.78 bits per heavy atom. The van der Waals surface area contributed by atoms with Crippen LogP contribution in [-0.4, -0.2) is 47.9 Å². The highest BCUT2D eigenvalue weighted by atomic mass is 35.5. The summed E-state index contributed by atoms with van der Waals surface area (Å²) in [6.07, 6.45) is 6.21. The van der Waals surface area contributed by atoms with Crippen LogP contribution in [0.4, 0.5) is 28.8 Å². The van der Waals surface area contributed by atoms with E-state index in [1.165, 1.54) is 36.6 Å². The van der Waals surface area contributed by atoms with E-state index in [2.05, 4.69) is 31.6 Å². The zero-order chi connectivity index (χ0) is 25.4. The fourth-order valence-corrected chi connectivity index (χ4v) is 6.54. The molecule has 1 saturated heterocycles. The van der Waals surface area contributed by atoms with Crippen LogP contribution in [0.15, 0.2) is 36.5 Å². The van der Waals surface area contributed by atoms with Crippen molar-refractivity contribution in [1.29, 1.82) is 0 Å². The molecule has 10 heteroatoms. The summed E-state index contributed by atoms with van der Waals surface area (Å²) in [5.41, 5.74) is 11.1. The first-order valence-electron chi connectivity index (χ1n) is 12.2. The summed E-state index contributed by atoms with van der Waals surface area (Å²) in [5.74, 6) is 1.35. The zero-order valence-corrected chi connectivity index (χ0v) is 22.5. The number of methoxy groups -OCH3 is 1. The number of nitrogens with one attached hydrogen (secondary N) is 2. The van der Waals surface area contributed by atoms with Gasteiger partial charge in [0.05, 0.1) is 30.4 Å². The molecule has 0 bridgehead atoms. The summed E-state index contributed by atoms with van der Waals surface area (Å²) < 4.78 is 18.5. The molecule has 5 rings (SSSR count). The van der Waals surface area contributed by atoms with Crippen molar-refractivity contribution in [3.05, 3.63) is 52.7 Å². The van der Waals surface area contributed by atoms with Gasteiger partial charge in [0.2, 0.25) is 5.95 Å². The van der Waals surface area contributed by atoms with Crippen molar-refractivity contribution in [3.8, 4) is 5.75 Å². The summed E-state index contributed by atoms with van der Waals surface area (Å²) in [6.45, 7) is 5.47. The van der Waals surface area contributed by atoms with Gasteiger partial charge in [-0.05, 0) is 68.5 Å². The molecular formula is C26H32ClN6O2P. The molecule has 1 fully saturated rings. The van der Waals surface area contributed by atoms with Crippen molar-refractivity contribution >= 4 is 52.9 Å². The van der Waals surface area contributed by atoms with Crippen LogP contribution in [0.5, 0.6) is 5.75 Å². The fraction of sp³-hybridized carbons (Fsp3) is 0.385. The monoisotopic (exact) mass is 526 g/mol. The van der Waals surface area contributed by atoms with Crippen LogP contribution < -0.4 is 26.4 Å². The molecule has 2 aliphatic heterocycles. The first-order valence-corrected chi connectivity index (χ1v) is 15.2. The summed E-state index contributed by atoms with van der Waals surface area (Å²) >= 11 is 6.42. The maximum absolute atomic E-state index is 12.8. The number of fused-ring (bicyclic) bond motifs is 2. The number of hydrogen-bond acceptors (Lipinski definition) is 8. The third-order valence-corrected chi connectivity index (χ3v) is 8.84. The maximum Gasteiger partial charge on any atom is 0.229 e. The summed E-state index contributed by atoms with van der Waals surface area (Å²) in [4.78, 5) is 11.5. The topological polar surface area (TPSA) is 105 Å². The van der Waals surface area contributed by atoms with Crippen LogP contribution in [-0.2, 0) is 17.5 Å². The molecule has 0 aliphatic carbocycles. The molecule has 3 aromatic rings. The standard InChI is InChI=1S/C26H32ClN6O2P/c1-35-24-21(12-16-15-33-11-7-6-8-17(33)13-18(16)23(24)28)31-26-29-14-19(27)25(32-26)30-20-9-4-5-10-22(20)36(2,3)34/h4-5,9-10,12,14,17H,6-8,11,13,15,28H2,1-3H3,(H2,29,30,31,32). The van der Waals surface area contributed by atoms with Crippen molar-refractivity contribution in [1.82, 2.24) is 14.9 Å². The second kappa shape index (κ2) is 9.92. The average molecular weight is 527 g/mol. The van der Waals surface area contributed by atoms with E-state index >= 15 is 0 Å². The number of benzene rings is 2. The van der Waals surface area contributed by atoms with E-state index in [9.17, 15) is 4.57 Å². The Hall–Kier alpha value is -2.80. The van der Waals surface area contributed by atoms with Gasteiger partial charge in [-0.1, -0.05) is 30.2 Å². The molecule has 0 amide bonds. The lowest BCUT2D eigenvalue weighted by Crippen LogP contribution is -2.43. The Balaban J connectivity index is 1.46. The largest absolute Gasteiger partial charge is 0.492 e. The molecule has 8 nitrogen and oxygen atoms in total. The van der Waals surface area contributed by atoms with Gasteiger partial charge in [-0.15, -0.1) is 0 Å². The van der Waals surface area contributed by atoms with Gasteiger partial charge in [-0.25, -0.2) is 4.98 Å². The predicted octanol–water partition coefficient (Wildman–Crippen LogP) is 5.37. The Kier molecular flexibility index (Phi) is 6.86. The van der Waals surface area contributed by atoms with Crippen molar-refractivity contribution in [2.75, 3.05) is 43.4 Å². The van der Waals surface area contributed by atoms with Crippen LogP contribution in [0, 0.1) is 0 Å². The second-order valence-corrected chi connectivity index (χ2v) is 13.4. The second-order valence-electron chi connectivity index (χ2n) is 9.84. The molecule has 36 heavy (non-hydrogen) atoms. The van der Waals surface area contributed by atoms with E-state index in [1.807, 2.05) is 24.3 Å². The number of nitrogens with zero attached hydrogens (tertiary/aromatic N) is 3. The van der Waals surface area contributed by atoms with Crippen LogP contribution in [0.25, 0.3) is 0 Å². The number of aromatic nitrogens is 2. The van der Waals surface area contributed by atoms with Crippen molar-refractivity contribution in [3.63, 3.8) is 0 Å². The van der Waals surface area contributed by atoms with Gasteiger partial charge >= 0.3 is 0 Å². The highest BCUT2D eigenvalue weighted by Gasteiger charge is 2.31. The predicted molar refractivity (Wildman–Crippen MR) is 148 cm³/mol. The van der Waals surface area contributed by atoms with E-state index in [-0.39, 0.29) is 0 Å². The minimum Gasteiger partial charge on any atom is -0.492 e. The van der Waals surface area contributed by atoms with Crippen LogP contribution in [0.2, 0.25) is 5.02 Å². The Morgan fingerprint density at radius 2 is 2.00 bits per heavy atom. The SMILES string of the molecule is COc1c(Nc2ncc(Cl)c(Nc3ccccc3P(C)(C)=O)n2)cc2c(c1N)CC1CCCCN1C2. The lowest BCUT2D eigenvalue weighted by molar-refractivity contribution is 0.127. The number of nitrogen functional groups attached to an aromatic ring is 1. The molecule has 4 N–H and O–H groups in total. The molecule has 0 radical (unpaired) electrons. The van der Waals surface area contributed by atoms with Crippen molar-refractivity contribution in [2.24, 2.45) is 0 Å². The molecular weight excluding hydrogens is 495 g/mol. The zero-order valence-electron chi connectivity index (χ0n) is 20.8. The van der Waals surface area contributed by atoms with Crippen LogP contribution in [0.1, 0.15) is 30.4 Å². The minimum atomic E-state index is -2.51. The fourth-order valence-electron chi connectivity index (χ4n) is 5.24. The number of halogens is 1. The van der Waals surface area contributed by atoms with Crippen LogP contribution >= 0.6 is 18.7 Å². The van der Waals surface area contributed by atoms with Gasteiger partial charge in [-0.2, -0.15) is 4.98 Å². The third-order valence-electron chi connectivity index (χ3n) is 7.01. The molecule has 2 aliphatic rings. The van der Waals surface area contributed by atoms with E-state index < -0.39 is 7.14 Å². The highest BCUT2D eigenvalue weighted by molar-refractivity contribution is 7.70. The number of piperidine rings is 1. The van der Waals surface area contributed by atoms with E-state index in [1.54, 1.807) is 20.4 Å². The van der Waals surface area contributed by atoms with Gasteiger partial charge < -0.3 is 25.7 Å². The number of para-hydroxylation sites is 1. The Bertz CT molecular complexity index is 1340. The van der Waals surface area contributed by atoms with Gasteiger partial charge in [0.15, 0.2) is 11.6 Å². The van der Waals surface area contributed by atoms with Crippen molar-refractivity contribution in [2.45, 2.75) is 38.3 Å². The molecule has 2 aromatic carbocycles. The average Bonchev–Trinajstić information content (AvgIpc) is 2.85. The van der Waals surface area contributed by atoms with Gasteiger partial charge in [-0.3, -0.25) is 4.90 Å². The first-order chi connectivity index (χ1) is 17.2. The van der Waals surface area contributed by atoms with Gasteiger partial charge in [0.1, 0.15) is 12.2 Å². The summed E-state index contributed by atoms with van der Waals surface area (Å²) in [6, 6.07) is 10.1. The van der Waals surface area contributed by atoms with Crippen LogP contribution in [0.3, 0.4) is 0 Å². The third kappa shape index (κ3) is 4.90. The number of ether oxygens (including phenoxy) is 1. The molecule has 1 unspecified atom stereocenters. The lowest BCUT2D eigenvalue weighted by atomic mass is 9.87. The number of nitrogens with two attached hydrogens (primary N) is 1. The molecule has 190 valence electrons. The molecule has 1 atom stereocenters. The Morgan fingerprint density at radius 1 is 1.19 bits per heavy atom. The Labute approximate surface area is 217 Å². The quantitative estimate of drug-likeness (QED) is 0.291. The number of hydrogen-bond donors (Lipinski definition) is 3. The molecule has 0 spiro atoms. The number of rotatable bonds is 6. The summed E-state index contributed by atoms with van der Waals surface area (Å²) in [7, 11) is -0.887. The highest BCUT2D eigenvalue weighted by Crippen LogP contribution is 2.43. The summed E-state index contributed by atoms with van der Waals surface area (Å²) in [5, 5.41) is 7.61. The van der Waals surface area contributed by atoms with E-state index in [0.29, 0.717) is 45.6 Å². The maximum atomic E-state index is 12.8. The van der Waals surface area contributed by atoms with E-state index in [4.69, 9.17) is 22.1 Å². The molecule has 3 heterocycles. The smallest absolute Gasteiger partial charge is 0.229 e. The first kappa shape index (κ1) is 24.9. The molecule has 0 saturated carbocycles. The van der Waals surface area contributed by atoms with Gasteiger partial charge in [0.25, 0.3) is 0 Å². The number of anilines is 5. The molecule has 1 aromatic heterocycles. The van der Waals surface area contributed by atoms with E-state index in [0.717, 1.165) is 24.8 Å². The van der Waals surface area contributed by atoms with Gasteiger partial charge in [0, 0.05) is 17.9 Å².